The Balaban J connectivity index is 2.23. The Morgan fingerprint density at radius 1 is 1.53 bits per heavy atom. The van der Waals surface area contributed by atoms with Gasteiger partial charge in [0.25, 0.3) is 0 Å². The summed E-state index contributed by atoms with van der Waals surface area (Å²) >= 11 is 0. The average molecular weight is 285 g/mol. The third-order valence-corrected chi connectivity index (χ3v) is 5.40. The zero-order chi connectivity index (χ0) is 14.1. The van der Waals surface area contributed by atoms with E-state index < -0.39 is 10.0 Å². The van der Waals surface area contributed by atoms with Crippen LogP contribution in [0.5, 0.6) is 5.88 Å². The molecule has 7 heteroatoms. The van der Waals surface area contributed by atoms with Crippen molar-refractivity contribution in [3.8, 4) is 5.88 Å². The van der Waals surface area contributed by atoms with Gasteiger partial charge in [0.05, 0.1) is 13.3 Å². The van der Waals surface area contributed by atoms with E-state index in [2.05, 4.69) is 4.98 Å². The Morgan fingerprint density at radius 3 is 2.74 bits per heavy atom. The summed E-state index contributed by atoms with van der Waals surface area (Å²) in [5.74, 6) is 0.396. The molecule has 0 aromatic carbocycles. The van der Waals surface area contributed by atoms with E-state index in [4.69, 9.17) is 10.5 Å². The van der Waals surface area contributed by atoms with Crippen molar-refractivity contribution in [3.63, 3.8) is 0 Å². The Labute approximate surface area is 113 Å². The molecular formula is C12H19N3O3S. The van der Waals surface area contributed by atoms with Crippen molar-refractivity contribution >= 4 is 10.0 Å². The van der Waals surface area contributed by atoms with E-state index in [0.717, 1.165) is 6.42 Å². The molecule has 0 radical (unpaired) electrons. The number of methoxy groups -OCH3 is 1. The molecule has 1 unspecified atom stereocenters. The van der Waals surface area contributed by atoms with Crippen molar-refractivity contribution in [2.45, 2.75) is 18.2 Å². The molecular weight excluding hydrogens is 266 g/mol. The highest BCUT2D eigenvalue weighted by Gasteiger charge is 2.39. The van der Waals surface area contributed by atoms with Crippen LogP contribution in [0.2, 0.25) is 0 Å². The molecule has 1 aliphatic rings. The van der Waals surface area contributed by atoms with Gasteiger partial charge < -0.3 is 10.5 Å². The minimum atomic E-state index is -3.49. The highest BCUT2D eigenvalue weighted by Crippen LogP contribution is 2.32. The van der Waals surface area contributed by atoms with E-state index in [1.807, 2.05) is 6.92 Å². The number of ether oxygens (including phenoxy) is 1. The van der Waals surface area contributed by atoms with Gasteiger partial charge >= 0.3 is 0 Å². The largest absolute Gasteiger partial charge is 0.481 e. The summed E-state index contributed by atoms with van der Waals surface area (Å²) < 4.78 is 31.3. The Bertz CT molecular complexity index is 544. The summed E-state index contributed by atoms with van der Waals surface area (Å²) in [6.45, 7) is 3.45. The van der Waals surface area contributed by atoms with Crippen molar-refractivity contribution in [2.75, 3.05) is 26.7 Å². The first-order valence-corrected chi connectivity index (χ1v) is 7.55. The molecule has 1 fully saturated rings. The number of rotatable bonds is 4. The quantitative estimate of drug-likeness (QED) is 0.868. The molecule has 1 atom stereocenters. The molecule has 0 aliphatic carbocycles. The molecule has 0 bridgehead atoms. The van der Waals surface area contributed by atoms with E-state index in [1.54, 1.807) is 6.07 Å². The number of nitrogens with zero attached hydrogens (tertiary/aromatic N) is 2. The SMILES string of the molecule is COc1ccc(S(=O)(=O)N2CCC(C)(CN)C2)cn1. The molecule has 6 nitrogen and oxygen atoms in total. The first kappa shape index (κ1) is 14.2. The summed E-state index contributed by atoms with van der Waals surface area (Å²) in [6.07, 6.45) is 2.11. The minimum Gasteiger partial charge on any atom is -0.481 e. The van der Waals surface area contributed by atoms with Crippen LogP contribution in [0, 0.1) is 5.41 Å². The van der Waals surface area contributed by atoms with Gasteiger partial charge in [-0.15, -0.1) is 0 Å². The number of hydrogen-bond acceptors (Lipinski definition) is 5. The Kier molecular flexibility index (Phi) is 3.80. The maximum atomic E-state index is 12.4. The van der Waals surface area contributed by atoms with Crippen molar-refractivity contribution < 1.29 is 13.2 Å². The van der Waals surface area contributed by atoms with Gasteiger partial charge in [-0.25, -0.2) is 13.4 Å². The van der Waals surface area contributed by atoms with Gasteiger partial charge in [-0.1, -0.05) is 6.92 Å². The van der Waals surface area contributed by atoms with Crippen LogP contribution in [0.3, 0.4) is 0 Å². The molecule has 106 valence electrons. The second-order valence-electron chi connectivity index (χ2n) is 5.14. The highest BCUT2D eigenvalue weighted by molar-refractivity contribution is 7.89. The van der Waals surface area contributed by atoms with Crippen LogP contribution in [-0.2, 0) is 10.0 Å². The van der Waals surface area contributed by atoms with Crippen LogP contribution >= 0.6 is 0 Å². The fraction of sp³-hybridized carbons (Fsp3) is 0.583. The van der Waals surface area contributed by atoms with Crippen molar-refractivity contribution in [3.05, 3.63) is 18.3 Å². The first-order valence-electron chi connectivity index (χ1n) is 6.11. The summed E-state index contributed by atoms with van der Waals surface area (Å²) in [7, 11) is -2.00. The van der Waals surface area contributed by atoms with Crippen LogP contribution in [0.1, 0.15) is 13.3 Å². The lowest BCUT2D eigenvalue weighted by atomic mass is 9.90. The van der Waals surface area contributed by atoms with Gasteiger partial charge in [0.2, 0.25) is 15.9 Å². The fourth-order valence-corrected chi connectivity index (χ4v) is 3.68. The van der Waals surface area contributed by atoms with Crippen LogP contribution in [0.15, 0.2) is 23.2 Å². The number of aromatic nitrogens is 1. The Hall–Kier alpha value is -1.18. The predicted molar refractivity (Wildman–Crippen MR) is 71.3 cm³/mol. The smallest absolute Gasteiger partial charge is 0.244 e. The number of pyridine rings is 1. The standard InChI is InChI=1S/C12H19N3O3S/c1-12(8-13)5-6-15(9-12)19(16,17)10-3-4-11(18-2)14-7-10/h3-4,7H,5-6,8-9,13H2,1-2H3. The van der Waals surface area contributed by atoms with Crippen LogP contribution < -0.4 is 10.5 Å². The zero-order valence-electron chi connectivity index (χ0n) is 11.2. The van der Waals surface area contributed by atoms with E-state index in [0.29, 0.717) is 25.5 Å². The minimum absolute atomic E-state index is 0.132. The highest BCUT2D eigenvalue weighted by atomic mass is 32.2. The summed E-state index contributed by atoms with van der Waals surface area (Å²) in [4.78, 5) is 4.13. The molecule has 1 saturated heterocycles. The van der Waals surface area contributed by atoms with Gasteiger partial charge in [0, 0.05) is 19.2 Å². The van der Waals surface area contributed by atoms with Gasteiger partial charge in [0.15, 0.2) is 0 Å². The molecule has 1 aromatic heterocycles. The van der Waals surface area contributed by atoms with Crippen molar-refractivity contribution in [2.24, 2.45) is 11.1 Å². The number of nitrogens with two attached hydrogens (primary N) is 1. The molecule has 0 amide bonds. The molecule has 1 aliphatic heterocycles. The third-order valence-electron chi connectivity index (χ3n) is 3.57. The average Bonchev–Trinajstić information content (AvgIpc) is 2.83. The lowest BCUT2D eigenvalue weighted by Gasteiger charge is -2.22. The van der Waals surface area contributed by atoms with Gasteiger partial charge in [-0.3, -0.25) is 0 Å². The van der Waals surface area contributed by atoms with Gasteiger partial charge in [0.1, 0.15) is 4.90 Å². The van der Waals surface area contributed by atoms with Crippen molar-refractivity contribution in [1.82, 2.24) is 9.29 Å². The topological polar surface area (TPSA) is 85.5 Å². The fourth-order valence-electron chi connectivity index (χ4n) is 2.14. The van der Waals surface area contributed by atoms with Gasteiger partial charge in [-0.05, 0) is 24.4 Å². The maximum Gasteiger partial charge on any atom is 0.244 e. The van der Waals surface area contributed by atoms with E-state index in [9.17, 15) is 8.42 Å². The normalized spacial score (nSPS) is 24.6. The predicted octanol–water partition coefficient (Wildman–Crippen LogP) is 0.450. The number of hydrogen-bond donors (Lipinski definition) is 1. The Morgan fingerprint density at radius 2 is 2.26 bits per heavy atom. The van der Waals surface area contributed by atoms with Crippen molar-refractivity contribution in [1.29, 1.82) is 0 Å². The second-order valence-corrected chi connectivity index (χ2v) is 7.08. The summed E-state index contributed by atoms with van der Waals surface area (Å²) in [5.41, 5.74) is 5.57. The lowest BCUT2D eigenvalue weighted by Crippen LogP contribution is -2.34. The molecule has 0 saturated carbocycles. The van der Waals surface area contributed by atoms with Crippen LogP contribution in [-0.4, -0.2) is 44.5 Å². The molecule has 19 heavy (non-hydrogen) atoms. The summed E-state index contributed by atoms with van der Waals surface area (Å²) in [6, 6.07) is 3.06. The molecule has 2 heterocycles. The molecule has 2 rings (SSSR count). The second kappa shape index (κ2) is 5.07. The lowest BCUT2D eigenvalue weighted by molar-refractivity contribution is 0.349. The monoisotopic (exact) mass is 285 g/mol. The maximum absolute atomic E-state index is 12.4. The zero-order valence-corrected chi connectivity index (χ0v) is 12.0. The third kappa shape index (κ3) is 2.72. The van der Waals surface area contributed by atoms with Crippen LogP contribution in [0.25, 0.3) is 0 Å². The van der Waals surface area contributed by atoms with E-state index in [-0.39, 0.29) is 10.3 Å². The first-order chi connectivity index (χ1) is 8.91. The van der Waals surface area contributed by atoms with E-state index in [1.165, 1.54) is 23.7 Å². The molecule has 2 N–H and O–H groups in total. The van der Waals surface area contributed by atoms with E-state index >= 15 is 0 Å². The number of sulfonamides is 1. The molecule has 0 spiro atoms. The van der Waals surface area contributed by atoms with Gasteiger partial charge in [-0.2, -0.15) is 4.31 Å². The summed E-state index contributed by atoms with van der Waals surface area (Å²) in [5, 5.41) is 0. The molecule has 1 aromatic rings. The van der Waals surface area contributed by atoms with Crippen LogP contribution in [0.4, 0.5) is 0 Å².